The van der Waals surface area contributed by atoms with Crippen LogP contribution >= 0.6 is 0 Å². The van der Waals surface area contributed by atoms with Crippen LogP contribution in [0, 0.1) is 0 Å². The summed E-state index contributed by atoms with van der Waals surface area (Å²) in [6, 6.07) is 30.8. The molecule has 2 aliphatic heterocycles. The van der Waals surface area contributed by atoms with E-state index >= 15 is 0 Å². The smallest absolute Gasteiger partial charge is 0.340 e. The van der Waals surface area contributed by atoms with E-state index in [4.69, 9.17) is 9.47 Å². The zero-order chi connectivity index (χ0) is 25.8. The third kappa shape index (κ3) is 3.39. The van der Waals surface area contributed by atoms with Crippen molar-refractivity contribution in [3.05, 3.63) is 124 Å². The van der Waals surface area contributed by atoms with Gasteiger partial charge in [-0.3, -0.25) is 0 Å². The monoisotopic (exact) mass is 489 g/mol. The van der Waals surface area contributed by atoms with E-state index in [9.17, 15) is 4.79 Å². The zero-order valence-corrected chi connectivity index (χ0v) is 21.7. The second kappa shape index (κ2) is 8.52. The molecule has 0 N–H and O–H groups in total. The van der Waals surface area contributed by atoms with E-state index in [1.165, 1.54) is 5.56 Å². The van der Waals surface area contributed by atoms with Crippen molar-refractivity contribution < 1.29 is 14.3 Å². The molecule has 0 bridgehead atoms. The predicted molar refractivity (Wildman–Crippen MR) is 147 cm³/mol. The molecule has 2 heterocycles. The Kier molecular flexibility index (Phi) is 5.38. The van der Waals surface area contributed by atoms with Crippen molar-refractivity contribution in [2.45, 2.75) is 38.7 Å². The highest BCUT2D eigenvalue weighted by Gasteiger charge is 2.53. The van der Waals surface area contributed by atoms with Crippen molar-refractivity contribution in [3.8, 4) is 11.5 Å². The maximum absolute atomic E-state index is 13.3. The molecule has 1 spiro atoms. The summed E-state index contributed by atoms with van der Waals surface area (Å²) in [4.78, 5) is 15.5. The third-order valence-electron chi connectivity index (χ3n) is 8.04. The Bertz CT molecular complexity index is 1500. The lowest BCUT2D eigenvalue weighted by atomic mass is 9.73. The molecule has 0 fully saturated rings. The molecule has 0 saturated carbocycles. The van der Waals surface area contributed by atoms with E-state index in [0.29, 0.717) is 11.3 Å². The van der Waals surface area contributed by atoms with Crippen molar-refractivity contribution in [2.24, 2.45) is 0 Å². The number of hydrogen-bond acceptors (Lipinski definition) is 4. The van der Waals surface area contributed by atoms with Crippen molar-refractivity contribution in [1.29, 1.82) is 0 Å². The zero-order valence-electron chi connectivity index (χ0n) is 21.7. The van der Waals surface area contributed by atoms with Crippen LogP contribution in [0.3, 0.4) is 0 Å². The van der Waals surface area contributed by atoms with Gasteiger partial charge in [0.15, 0.2) is 5.60 Å². The molecule has 0 aliphatic carbocycles. The average Bonchev–Trinajstić information content (AvgIpc) is 3.22. The molecule has 2 aliphatic rings. The Balaban J connectivity index is 1.60. The van der Waals surface area contributed by atoms with Gasteiger partial charge in [-0.25, -0.2) is 4.79 Å². The summed E-state index contributed by atoms with van der Waals surface area (Å²) in [5.41, 5.74) is 5.27. The summed E-state index contributed by atoms with van der Waals surface area (Å²) in [7, 11) is 0. The van der Waals surface area contributed by atoms with Crippen LogP contribution in [0.4, 0.5) is 5.69 Å². The van der Waals surface area contributed by atoms with Gasteiger partial charge in [0.25, 0.3) is 0 Å². The van der Waals surface area contributed by atoms with Gasteiger partial charge in [0.2, 0.25) is 0 Å². The minimum atomic E-state index is -1.07. The first-order chi connectivity index (χ1) is 17.9. The maximum atomic E-state index is 13.3. The summed E-state index contributed by atoms with van der Waals surface area (Å²) in [5.74, 6) is 1.12. The minimum Gasteiger partial charge on any atom is -0.456 e. The fourth-order valence-corrected chi connectivity index (χ4v) is 5.86. The van der Waals surface area contributed by atoms with Crippen molar-refractivity contribution in [3.63, 3.8) is 0 Å². The lowest BCUT2D eigenvalue weighted by Gasteiger charge is -2.38. The molecule has 186 valence electrons. The number of nitrogens with zero attached hydrogens (tertiary/aromatic N) is 1. The summed E-state index contributed by atoms with van der Waals surface area (Å²) >= 11 is 0. The fraction of sp³-hybridized carbons (Fsp3) is 0.242. The van der Waals surface area contributed by atoms with E-state index in [1.807, 2.05) is 36.4 Å². The Labute approximate surface area is 218 Å². The van der Waals surface area contributed by atoms with Crippen LogP contribution in [-0.2, 0) is 15.8 Å². The topological polar surface area (TPSA) is 38.8 Å². The summed E-state index contributed by atoms with van der Waals surface area (Å²) < 4.78 is 13.0. The molecule has 37 heavy (non-hydrogen) atoms. The largest absolute Gasteiger partial charge is 0.456 e. The van der Waals surface area contributed by atoms with Crippen molar-refractivity contribution >= 4 is 11.7 Å². The first-order valence-corrected chi connectivity index (χ1v) is 13.0. The Hall–Kier alpha value is -4.05. The van der Waals surface area contributed by atoms with Crippen molar-refractivity contribution in [2.75, 3.05) is 18.0 Å². The molecule has 0 aromatic heterocycles. The van der Waals surface area contributed by atoms with Gasteiger partial charge >= 0.3 is 5.97 Å². The quantitative estimate of drug-likeness (QED) is 0.273. The summed E-state index contributed by atoms with van der Waals surface area (Å²) in [5, 5.41) is 0. The minimum absolute atomic E-state index is 0.257. The van der Waals surface area contributed by atoms with Crippen LogP contribution in [0.15, 0.2) is 91.0 Å². The number of carbonyl (C=O) groups excluding carboxylic acids is 1. The molecule has 4 heteroatoms. The van der Waals surface area contributed by atoms with Gasteiger partial charge < -0.3 is 14.4 Å². The van der Waals surface area contributed by atoms with Crippen LogP contribution in [0.25, 0.3) is 0 Å². The van der Waals surface area contributed by atoms with Crippen LogP contribution in [0.1, 0.15) is 65.9 Å². The third-order valence-corrected chi connectivity index (χ3v) is 8.04. The van der Waals surface area contributed by atoms with Gasteiger partial charge in [0.1, 0.15) is 11.5 Å². The molecule has 6 rings (SSSR count). The van der Waals surface area contributed by atoms with Crippen LogP contribution in [-0.4, -0.2) is 19.1 Å². The molecule has 1 unspecified atom stereocenters. The maximum Gasteiger partial charge on any atom is 0.340 e. The molecule has 1 atom stereocenters. The first kappa shape index (κ1) is 23.4. The van der Waals surface area contributed by atoms with E-state index in [-0.39, 0.29) is 11.4 Å². The fourth-order valence-electron chi connectivity index (χ4n) is 5.86. The second-order valence-electron chi connectivity index (χ2n) is 10.3. The van der Waals surface area contributed by atoms with Gasteiger partial charge in [0.05, 0.1) is 5.56 Å². The molecular formula is C33H31NO3. The van der Waals surface area contributed by atoms with Crippen molar-refractivity contribution in [1.82, 2.24) is 0 Å². The van der Waals surface area contributed by atoms with E-state index < -0.39 is 5.60 Å². The number of hydrogen-bond donors (Lipinski definition) is 0. The summed E-state index contributed by atoms with van der Waals surface area (Å²) in [6.07, 6.45) is 0. The number of rotatable bonds is 5. The SMILES string of the molecule is CCN(CC)c1ccc2c(c1)Oc1ccc(C(C)(C)c3ccccc3)cc1C21OC(=O)c2ccccc21. The van der Waals surface area contributed by atoms with E-state index in [1.54, 1.807) is 0 Å². The standard InChI is InChI=1S/C33H31NO3/c1-5-34(6-2)24-17-18-27-30(21-24)36-29-19-16-23(32(3,4)22-12-8-7-9-13-22)20-28(29)33(27)26-15-11-10-14-25(26)31(35)37-33/h7-21H,5-6H2,1-4H3. The highest BCUT2D eigenvalue weighted by molar-refractivity contribution is 5.97. The van der Waals surface area contributed by atoms with Crippen LogP contribution < -0.4 is 9.64 Å². The average molecular weight is 490 g/mol. The predicted octanol–water partition coefficient (Wildman–Crippen LogP) is 7.43. The highest BCUT2D eigenvalue weighted by Crippen LogP contribution is 2.57. The Morgan fingerprint density at radius 2 is 1.46 bits per heavy atom. The van der Waals surface area contributed by atoms with Crippen LogP contribution in [0.2, 0.25) is 0 Å². The molecule has 4 nitrogen and oxygen atoms in total. The number of benzene rings is 4. The Morgan fingerprint density at radius 3 is 2.22 bits per heavy atom. The molecule has 4 aromatic carbocycles. The van der Waals surface area contributed by atoms with E-state index in [0.717, 1.165) is 46.8 Å². The highest BCUT2D eigenvalue weighted by atomic mass is 16.6. The number of ether oxygens (including phenoxy) is 2. The first-order valence-electron chi connectivity index (χ1n) is 13.0. The molecule has 4 aromatic rings. The van der Waals surface area contributed by atoms with Gasteiger partial charge in [-0.2, -0.15) is 0 Å². The molecule has 0 saturated heterocycles. The normalized spacial score (nSPS) is 17.5. The molecule has 0 amide bonds. The van der Waals surface area contributed by atoms with Crippen LogP contribution in [0.5, 0.6) is 11.5 Å². The van der Waals surface area contributed by atoms with Gasteiger partial charge in [-0.05, 0) is 55.3 Å². The molecular weight excluding hydrogens is 458 g/mol. The van der Waals surface area contributed by atoms with Gasteiger partial charge in [-0.1, -0.05) is 68.4 Å². The number of anilines is 1. The Morgan fingerprint density at radius 1 is 0.730 bits per heavy atom. The second-order valence-corrected chi connectivity index (χ2v) is 10.3. The molecule has 0 radical (unpaired) electrons. The summed E-state index contributed by atoms with van der Waals surface area (Å²) in [6.45, 7) is 10.5. The lowest BCUT2D eigenvalue weighted by Crippen LogP contribution is -2.34. The van der Waals surface area contributed by atoms with E-state index in [2.05, 4.69) is 87.2 Å². The van der Waals surface area contributed by atoms with Gasteiger partial charge in [-0.15, -0.1) is 0 Å². The van der Waals surface area contributed by atoms with Gasteiger partial charge in [0, 0.05) is 46.9 Å². The number of fused-ring (bicyclic) bond motifs is 6. The number of carbonyl (C=O) groups is 1. The lowest BCUT2D eigenvalue weighted by molar-refractivity contribution is 0.0224. The number of esters is 1.